The third kappa shape index (κ3) is 3.19. The van der Waals surface area contributed by atoms with Crippen molar-refractivity contribution in [3.63, 3.8) is 0 Å². The molecular formula is C23H25FN8. The Kier molecular flexibility index (Phi) is 4.55. The maximum Gasteiger partial charge on any atom is 0.183 e. The summed E-state index contributed by atoms with van der Waals surface area (Å²) in [5, 5.41) is 9.05. The number of anilines is 2. The second-order valence-corrected chi connectivity index (χ2v) is 8.79. The summed E-state index contributed by atoms with van der Waals surface area (Å²) in [5.74, 6) is 1.24. The Morgan fingerprint density at radius 2 is 2.03 bits per heavy atom. The van der Waals surface area contributed by atoms with Crippen molar-refractivity contribution in [1.29, 1.82) is 0 Å². The van der Waals surface area contributed by atoms with Crippen LogP contribution in [0.5, 0.6) is 0 Å². The lowest BCUT2D eigenvalue weighted by Crippen LogP contribution is -2.25. The molecule has 2 fully saturated rings. The van der Waals surface area contributed by atoms with E-state index in [4.69, 9.17) is 4.98 Å². The molecule has 0 radical (unpaired) electrons. The van der Waals surface area contributed by atoms with Crippen LogP contribution >= 0.6 is 0 Å². The van der Waals surface area contributed by atoms with Gasteiger partial charge in [0.1, 0.15) is 17.3 Å². The zero-order chi connectivity index (χ0) is 21.7. The highest BCUT2D eigenvalue weighted by Crippen LogP contribution is 2.35. The monoisotopic (exact) mass is 432 g/mol. The van der Waals surface area contributed by atoms with Crippen molar-refractivity contribution in [2.45, 2.75) is 32.2 Å². The summed E-state index contributed by atoms with van der Waals surface area (Å²) in [6, 6.07) is 4.91. The number of hydrogen-bond donors (Lipinski definition) is 0. The van der Waals surface area contributed by atoms with E-state index >= 15 is 0 Å². The molecule has 0 saturated carbocycles. The van der Waals surface area contributed by atoms with Crippen LogP contribution in [0.3, 0.4) is 0 Å². The van der Waals surface area contributed by atoms with Gasteiger partial charge in [0.2, 0.25) is 0 Å². The van der Waals surface area contributed by atoms with Crippen LogP contribution in [-0.4, -0.2) is 49.0 Å². The standard InChI is InChI=1S/C23H25FN8/c1-16-6-10-29(14-16)17-12-26-32(15-17)20-13-27-31-11-7-21(28-23(20)31)30-9-3-5-19(30)22-18(24)4-2-8-25-22/h2,4,7-8,11-13,15-16,19H,3,5-6,9-10,14H2,1H3/t16?,19-/m0/s1. The summed E-state index contributed by atoms with van der Waals surface area (Å²) >= 11 is 0. The molecule has 8 nitrogen and oxygen atoms in total. The van der Waals surface area contributed by atoms with Crippen LogP contribution < -0.4 is 9.80 Å². The van der Waals surface area contributed by atoms with Gasteiger partial charge < -0.3 is 9.80 Å². The van der Waals surface area contributed by atoms with Gasteiger partial charge in [-0.3, -0.25) is 4.98 Å². The van der Waals surface area contributed by atoms with Crippen molar-refractivity contribution in [1.82, 2.24) is 29.4 Å². The molecule has 0 N–H and O–H groups in total. The summed E-state index contributed by atoms with van der Waals surface area (Å²) in [4.78, 5) is 13.7. The third-order valence-electron chi connectivity index (χ3n) is 6.59. The molecule has 2 atom stereocenters. The lowest BCUT2D eigenvalue weighted by atomic mass is 10.1. The van der Waals surface area contributed by atoms with Gasteiger partial charge in [0.15, 0.2) is 5.65 Å². The highest BCUT2D eigenvalue weighted by Gasteiger charge is 2.30. The maximum atomic E-state index is 14.4. The largest absolute Gasteiger partial charge is 0.369 e. The van der Waals surface area contributed by atoms with Gasteiger partial charge in [-0.2, -0.15) is 10.2 Å². The highest BCUT2D eigenvalue weighted by atomic mass is 19.1. The minimum absolute atomic E-state index is 0.119. The molecule has 0 aliphatic carbocycles. The first-order valence-corrected chi connectivity index (χ1v) is 11.2. The minimum Gasteiger partial charge on any atom is -0.369 e. The minimum atomic E-state index is -0.268. The van der Waals surface area contributed by atoms with Crippen LogP contribution in [0.1, 0.15) is 37.9 Å². The lowest BCUT2D eigenvalue weighted by Gasteiger charge is -2.25. The fourth-order valence-corrected chi connectivity index (χ4v) is 4.92. The SMILES string of the molecule is CC1CCN(c2cnn(-c3cnn4ccc(N5CCC[C@H]5c5ncccc5F)nc34)c2)C1. The molecule has 0 aromatic carbocycles. The van der Waals surface area contributed by atoms with Gasteiger partial charge in [0, 0.05) is 32.0 Å². The van der Waals surface area contributed by atoms with E-state index in [2.05, 4.69) is 31.9 Å². The Morgan fingerprint density at radius 1 is 1.09 bits per heavy atom. The summed E-state index contributed by atoms with van der Waals surface area (Å²) in [7, 11) is 0. The maximum absolute atomic E-state index is 14.4. The summed E-state index contributed by atoms with van der Waals surface area (Å²) in [5.41, 5.74) is 3.15. The van der Waals surface area contributed by atoms with Gasteiger partial charge in [-0.15, -0.1) is 0 Å². The van der Waals surface area contributed by atoms with E-state index in [-0.39, 0.29) is 11.9 Å². The molecule has 1 unspecified atom stereocenters. The van der Waals surface area contributed by atoms with E-state index in [1.807, 2.05) is 29.3 Å². The van der Waals surface area contributed by atoms with Gasteiger partial charge in [0.05, 0.1) is 36.0 Å². The van der Waals surface area contributed by atoms with Gasteiger partial charge in [-0.05, 0) is 43.4 Å². The second kappa shape index (κ2) is 7.58. The zero-order valence-electron chi connectivity index (χ0n) is 18.0. The van der Waals surface area contributed by atoms with Crippen LogP contribution in [0.25, 0.3) is 11.3 Å². The summed E-state index contributed by atoms with van der Waals surface area (Å²) in [6.45, 7) is 5.21. The summed E-state index contributed by atoms with van der Waals surface area (Å²) < 4.78 is 18.0. The number of fused-ring (bicyclic) bond motifs is 1. The van der Waals surface area contributed by atoms with Gasteiger partial charge in [-0.1, -0.05) is 6.92 Å². The van der Waals surface area contributed by atoms with Gasteiger partial charge >= 0.3 is 0 Å². The van der Waals surface area contributed by atoms with Crippen LogP contribution in [-0.2, 0) is 0 Å². The first-order valence-electron chi connectivity index (χ1n) is 11.2. The van der Waals surface area contributed by atoms with Crippen LogP contribution in [0.4, 0.5) is 15.9 Å². The van der Waals surface area contributed by atoms with Crippen molar-refractivity contribution < 1.29 is 4.39 Å². The van der Waals surface area contributed by atoms with E-state index in [0.717, 1.165) is 55.3 Å². The van der Waals surface area contributed by atoms with E-state index in [1.54, 1.807) is 23.0 Å². The van der Waals surface area contributed by atoms with E-state index in [9.17, 15) is 4.39 Å². The number of rotatable bonds is 4. The van der Waals surface area contributed by atoms with Crippen LogP contribution in [0.15, 0.2) is 49.2 Å². The average Bonchev–Trinajstić information content (AvgIpc) is 3.59. The van der Waals surface area contributed by atoms with E-state index in [1.165, 1.54) is 12.5 Å². The fraction of sp³-hybridized carbons (Fsp3) is 0.391. The Hall–Kier alpha value is -3.49. The molecule has 164 valence electrons. The Bertz CT molecular complexity index is 1260. The van der Waals surface area contributed by atoms with E-state index in [0.29, 0.717) is 11.6 Å². The normalized spacial score (nSPS) is 21.2. The first-order chi connectivity index (χ1) is 15.7. The number of nitrogens with zero attached hydrogens (tertiary/aromatic N) is 8. The van der Waals surface area contributed by atoms with Crippen molar-refractivity contribution >= 4 is 17.2 Å². The number of hydrogen-bond acceptors (Lipinski definition) is 6. The molecule has 6 rings (SSSR count). The number of aromatic nitrogens is 6. The fourth-order valence-electron chi connectivity index (χ4n) is 4.92. The number of pyridine rings is 1. The molecule has 4 aromatic rings. The molecule has 0 amide bonds. The number of halogens is 1. The molecule has 4 aromatic heterocycles. The van der Waals surface area contributed by atoms with Gasteiger partial charge in [0.25, 0.3) is 0 Å². The molecule has 32 heavy (non-hydrogen) atoms. The first kappa shape index (κ1) is 19.2. The molecule has 9 heteroatoms. The molecule has 0 spiro atoms. The van der Waals surface area contributed by atoms with Crippen LogP contribution in [0, 0.1) is 11.7 Å². The molecule has 0 bridgehead atoms. The highest BCUT2D eigenvalue weighted by molar-refractivity contribution is 5.62. The van der Waals surface area contributed by atoms with Gasteiger partial charge in [-0.25, -0.2) is 18.6 Å². The molecular weight excluding hydrogens is 407 g/mol. The van der Waals surface area contributed by atoms with Crippen molar-refractivity contribution in [3.05, 3.63) is 60.7 Å². The van der Waals surface area contributed by atoms with Crippen molar-refractivity contribution in [2.75, 3.05) is 29.4 Å². The van der Waals surface area contributed by atoms with E-state index < -0.39 is 0 Å². The second-order valence-electron chi connectivity index (χ2n) is 8.79. The third-order valence-corrected chi connectivity index (χ3v) is 6.59. The Balaban J connectivity index is 1.34. The quantitative estimate of drug-likeness (QED) is 0.491. The van der Waals surface area contributed by atoms with Crippen molar-refractivity contribution in [3.8, 4) is 5.69 Å². The average molecular weight is 433 g/mol. The molecule has 6 heterocycles. The molecule has 2 aliphatic rings. The van der Waals surface area contributed by atoms with Crippen LogP contribution in [0.2, 0.25) is 0 Å². The smallest absolute Gasteiger partial charge is 0.183 e. The predicted molar refractivity (Wildman–Crippen MR) is 120 cm³/mol. The molecule has 2 saturated heterocycles. The van der Waals surface area contributed by atoms with Crippen molar-refractivity contribution in [2.24, 2.45) is 5.92 Å². The topological polar surface area (TPSA) is 67.4 Å². The lowest BCUT2D eigenvalue weighted by molar-refractivity contribution is 0.562. The molecule has 2 aliphatic heterocycles. The predicted octanol–water partition coefficient (Wildman–Crippen LogP) is 3.64. The summed E-state index contributed by atoms with van der Waals surface area (Å²) in [6.07, 6.45) is 12.3. The zero-order valence-corrected chi connectivity index (χ0v) is 18.0. The Labute approximate surface area is 185 Å². The Morgan fingerprint density at radius 3 is 2.88 bits per heavy atom.